The summed E-state index contributed by atoms with van der Waals surface area (Å²) in [5.74, 6) is 2.83. The fourth-order valence-electron chi connectivity index (χ4n) is 3.18. The summed E-state index contributed by atoms with van der Waals surface area (Å²) in [4.78, 5) is 6.96. The smallest absolute Gasteiger partial charge is 0.129 e. The third-order valence-corrected chi connectivity index (χ3v) is 4.96. The van der Waals surface area contributed by atoms with Gasteiger partial charge in [0, 0.05) is 31.0 Å². The molecule has 0 N–H and O–H groups in total. The quantitative estimate of drug-likeness (QED) is 0.870. The Labute approximate surface area is 129 Å². The Kier molecular flexibility index (Phi) is 3.14. The Hall–Kier alpha value is -1.55. The SMILES string of the molecule is CCc1ccn(Cc2cnc(N3CC4CC4C3)cc2Cl)n1. The lowest BCUT2D eigenvalue weighted by Crippen LogP contribution is -2.22. The zero-order valence-electron chi connectivity index (χ0n) is 12.2. The summed E-state index contributed by atoms with van der Waals surface area (Å²) in [5.41, 5.74) is 2.13. The van der Waals surface area contributed by atoms with E-state index < -0.39 is 0 Å². The van der Waals surface area contributed by atoms with E-state index in [1.807, 2.05) is 29.2 Å². The van der Waals surface area contributed by atoms with Gasteiger partial charge in [0.25, 0.3) is 0 Å². The van der Waals surface area contributed by atoms with Gasteiger partial charge in [0.1, 0.15) is 5.82 Å². The molecule has 2 fully saturated rings. The van der Waals surface area contributed by atoms with E-state index >= 15 is 0 Å². The number of halogens is 1. The summed E-state index contributed by atoms with van der Waals surface area (Å²) in [7, 11) is 0. The van der Waals surface area contributed by atoms with Crippen LogP contribution in [0.4, 0.5) is 5.82 Å². The first-order valence-corrected chi connectivity index (χ1v) is 8.02. The third kappa shape index (κ3) is 2.53. The van der Waals surface area contributed by atoms with Crippen molar-refractivity contribution in [1.82, 2.24) is 14.8 Å². The highest BCUT2D eigenvalue weighted by Crippen LogP contribution is 2.46. The molecule has 2 atom stereocenters. The molecular weight excluding hydrogens is 284 g/mol. The van der Waals surface area contributed by atoms with Crippen LogP contribution in [-0.2, 0) is 13.0 Å². The fourth-order valence-corrected chi connectivity index (χ4v) is 3.38. The van der Waals surface area contributed by atoms with Gasteiger partial charge in [0.05, 0.1) is 17.3 Å². The zero-order chi connectivity index (χ0) is 14.4. The summed E-state index contributed by atoms with van der Waals surface area (Å²) in [5, 5.41) is 5.29. The van der Waals surface area contributed by atoms with Crippen LogP contribution in [0.15, 0.2) is 24.5 Å². The second-order valence-electron chi connectivity index (χ2n) is 6.15. The van der Waals surface area contributed by atoms with Gasteiger partial charge in [-0.2, -0.15) is 5.10 Å². The maximum Gasteiger partial charge on any atom is 0.129 e. The van der Waals surface area contributed by atoms with Crippen LogP contribution in [0, 0.1) is 11.8 Å². The first kappa shape index (κ1) is 13.1. The molecule has 3 heterocycles. The lowest BCUT2D eigenvalue weighted by Gasteiger charge is -2.19. The van der Waals surface area contributed by atoms with Crippen LogP contribution >= 0.6 is 11.6 Å². The number of hydrogen-bond acceptors (Lipinski definition) is 3. The van der Waals surface area contributed by atoms with E-state index in [4.69, 9.17) is 11.6 Å². The van der Waals surface area contributed by atoms with Gasteiger partial charge in [0.15, 0.2) is 0 Å². The van der Waals surface area contributed by atoms with Crippen molar-refractivity contribution in [1.29, 1.82) is 0 Å². The molecule has 0 spiro atoms. The second kappa shape index (κ2) is 5.02. The van der Waals surface area contributed by atoms with Crippen LogP contribution in [0.3, 0.4) is 0 Å². The third-order valence-electron chi connectivity index (χ3n) is 4.61. The maximum atomic E-state index is 6.44. The lowest BCUT2D eigenvalue weighted by atomic mass is 10.2. The highest BCUT2D eigenvalue weighted by Gasteiger charge is 2.45. The number of nitrogens with zero attached hydrogens (tertiary/aromatic N) is 4. The average Bonchev–Trinajstić information content (AvgIpc) is 2.90. The molecule has 0 bridgehead atoms. The Morgan fingerprint density at radius 3 is 2.81 bits per heavy atom. The number of piperidine rings is 1. The van der Waals surface area contributed by atoms with Gasteiger partial charge in [-0.25, -0.2) is 4.98 Å². The Morgan fingerprint density at radius 1 is 1.33 bits per heavy atom. The summed E-state index contributed by atoms with van der Waals surface area (Å²) in [6.45, 7) is 5.08. The van der Waals surface area contributed by atoms with Crippen molar-refractivity contribution in [3.63, 3.8) is 0 Å². The number of hydrogen-bond donors (Lipinski definition) is 0. The van der Waals surface area contributed by atoms with Crippen molar-refractivity contribution in [3.05, 3.63) is 40.8 Å². The normalized spacial score (nSPS) is 23.4. The maximum absolute atomic E-state index is 6.44. The molecule has 1 aliphatic carbocycles. The predicted molar refractivity (Wildman–Crippen MR) is 83.8 cm³/mol. The monoisotopic (exact) mass is 302 g/mol. The first-order valence-electron chi connectivity index (χ1n) is 7.64. The molecule has 2 unspecified atom stereocenters. The van der Waals surface area contributed by atoms with Crippen molar-refractivity contribution in [3.8, 4) is 0 Å². The highest BCUT2D eigenvalue weighted by molar-refractivity contribution is 6.31. The minimum Gasteiger partial charge on any atom is -0.356 e. The molecule has 0 radical (unpaired) electrons. The molecule has 1 saturated heterocycles. The van der Waals surface area contributed by atoms with E-state index in [9.17, 15) is 0 Å². The van der Waals surface area contributed by atoms with Gasteiger partial charge in [-0.15, -0.1) is 0 Å². The minimum atomic E-state index is 0.678. The minimum absolute atomic E-state index is 0.678. The topological polar surface area (TPSA) is 34.0 Å². The second-order valence-corrected chi connectivity index (χ2v) is 6.56. The molecule has 1 aliphatic heterocycles. The Balaban J connectivity index is 1.50. The van der Waals surface area contributed by atoms with Gasteiger partial charge in [-0.1, -0.05) is 18.5 Å². The summed E-state index contributed by atoms with van der Waals surface area (Å²) in [6, 6.07) is 4.05. The number of anilines is 1. The number of aromatic nitrogens is 3. The largest absolute Gasteiger partial charge is 0.356 e. The molecule has 0 aromatic carbocycles. The number of fused-ring (bicyclic) bond motifs is 1. The fraction of sp³-hybridized carbons (Fsp3) is 0.500. The summed E-state index contributed by atoms with van der Waals surface area (Å²) in [6.07, 6.45) is 6.25. The van der Waals surface area contributed by atoms with Crippen LogP contribution in [0.25, 0.3) is 0 Å². The van der Waals surface area contributed by atoms with E-state index in [0.717, 1.165) is 53.4 Å². The van der Waals surface area contributed by atoms with Crippen molar-refractivity contribution in [2.45, 2.75) is 26.3 Å². The van der Waals surface area contributed by atoms with Gasteiger partial charge < -0.3 is 4.90 Å². The van der Waals surface area contributed by atoms with Crippen molar-refractivity contribution in [2.75, 3.05) is 18.0 Å². The number of aryl methyl sites for hydroxylation is 1. The molecule has 4 nitrogen and oxygen atoms in total. The van der Waals surface area contributed by atoms with Crippen LogP contribution < -0.4 is 4.90 Å². The summed E-state index contributed by atoms with van der Waals surface area (Å²) >= 11 is 6.44. The molecule has 110 valence electrons. The zero-order valence-corrected chi connectivity index (χ0v) is 12.9. The van der Waals surface area contributed by atoms with Crippen molar-refractivity contribution >= 4 is 17.4 Å². The molecule has 21 heavy (non-hydrogen) atoms. The van der Waals surface area contributed by atoms with E-state index in [2.05, 4.69) is 21.9 Å². The van der Waals surface area contributed by atoms with Crippen LogP contribution in [0.2, 0.25) is 5.02 Å². The first-order chi connectivity index (χ1) is 10.2. The van der Waals surface area contributed by atoms with Crippen LogP contribution in [0.1, 0.15) is 24.6 Å². The van der Waals surface area contributed by atoms with Crippen LogP contribution in [-0.4, -0.2) is 27.9 Å². The molecule has 2 aromatic rings. The molecule has 5 heteroatoms. The van der Waals surface area contributed by atoms with E-state index in [0.29, 0.717) is 6.54 Å². The Bertz CT molecular complexity index is 656. The molecule has 0 amide bonds. The van der Waals surface area contributed by atoms with E-state index in [1.54, 1.807) is 0 Å². The predicted octanol–water partition coefficient (Wildman–Crippen LogP) is 3.00. The summed E-state index contributed by atoms with van der Waals surface area (Å²) < 4.78 is 1.92. The molecule has 2 aromatic heterocycles. The standard InChI is InChI=1S/C16H19ClN4/c1-2-14-3-4-21(19-14)10-13-7-18-16(6-15(13)17)20-8-11-5-12(11)9-20/h3-4,6-7,11-12H,2,5,8-10H2,1H3. The number of rotatable bonds is 4. The van der Waals surface area contributed by atoms with Crippen LogP contribution in [0.5, 0.6) is 0 Å². The molecule has 2 aliphatic rings. The van der Waals surface area contributed by atoms with Gasteiger partial charge in [-0.05, 0) is 36.8 Å². The van der Waals surface area contributed by atoms with Crippen molar-refractivity contribution in [2.24, 2.45) is 11.8 Å². The molecule has 1 saturated carbocycles. The number of pyridine rings is 1. The highest BCUT2D eigenvalue weighted by atomic mass is 35.5. The Morgan fingerprint density at radius 2 is 2.14 bits per heavy atom. The van der Waals surface area contributed by atoms with Crippen molar-refractivity contribution < 1.29 is 0 Å². The van der Waals surface area contributed by atoms with E-state index in [-0.39, 0.29) is 0 Å². The molecule has 4 rings (SSSR count). The molecular formula is C16H19ClN4. The van der Waals surface area contributed by atoms with Gasteiger partial charge in [-0.3, -0.25) is 4.68 Å². The van der Waals surface area contributed by atoms with Gasteiger partial charge in [0.2, 0.25) is 0 Å². The average molecular weight is 303 g/mol. The van der Waals surface area contributed by atoms with Gasteiger partial charge >= 0.3 is 0 Å². The van der Waals surface area contributed by atoms with E-state index in [1.165, 1.54) is 6.42 Å². The lowest BCUT2D eigenvalue weighted by molar-refractivity contribution is 0.671.